The molecule has 0 amide bonds. The van der Waals surface area contributed by atoms with Crippen LogP contribution in [-0.2, 0) is 0 Å². The molecule has 0 saturated carbocycles. The quantitative estimate of drug-likeness (QED) is 0.233. The zero-order chi connectivity index (χ0) is 25.8. The molecule has 4 aromatic carbocycles. The van der Waals surface area contributed by atoms with Crippen LogP contribution in [0.2, 0.25) is 0 Å². The van der Waals surface area contributed by atoms with Gasteiger partial charge >= 0.3 is 0 Å². The van der Waals surface area contributed by atoms with Gasteiger partial charge in [0.2, 0.25) is 0 Å². The van der Waals surface area contributed by atoms with Crippen molar-refractivity contribution >= 4 is 43.4 Å². The molecule has 4 nitrogen and oxygen atoms in total. The van der Waals surface area contributed by atoms with E-state index in [2.05, 4.69) is 95.6 Å². The largest absolute Gasteiger partial charge is 0.464 e. The van der Waals surface area contributed by atoms with E-state index in [-0.39, 0.29) is 0 Å². The maximum absolute atomic E-state index is 5.73. The first-order chi connectivity index (χ1) is 19.3. The Morgan fingerprint density at radius 2 is 1.56 bits per heavy atom. The summed E-state index contributed by atoms with van der Waals surface area (Å²) in [4.78, 5) is 9.68. The molecule has 39 heavy (non-hydrogen) atoms. The fourth-order valence-corrected chi connectivity index (χ4v) is 6.40. The molecular weight excluding hydrogens is 498 g/mol. The Labute approximate surface area is 228 Å². The number of benzene rings is 4. The number of thiazole rings is 1. The van der Waals surface area contributed by atoms with Crippen molar-refractivity contribution in [2.45, 2.75) is 0 Å². The molecule has 5 heteroatoms. The Hall–Kier alpha value is -5.00. The van der Waals surface area contributed by atoms with Crippen molar-refractivity contribution in [3.8, 4) is 38.8 Å². The molecule has 0 fully saturated rings. The Bertz CT molecular complexity index is 2100. The predicted molar refractivity (Wildman–Crippen MR) is 160 cm³/mol. The Kier molecular flexibility index (Phi) is 4.96. The minimum atomic E-state index is 0.806. The third kappa shape index (κ3) is 3.59. The number of pyridine rings is 1. The van der Waals surface area contributed by atoms with Crippen LogP contribution in [0.25, 0.3) is 70.9 Å². The van der Waals surface area contributed by atoms with E-state index in [1.807, 2.05) is 30.5 Å². The highest BCUT2D eigenvalue weighted by Crippen LogP contribution is 2.38. The summed E-state index contributed by atoms with van der Waals surface area (Å²) in [7, 11) is 0. The highest BCUT2D eigenvalue weighted by Gasteiger charge is 2.16. The maximum Gasteiger partial charge on any atom is 0.136 e. The Balaban J connectivity index is 1.35. The number of hydrogen-bond donors (Lipinski definition) is 0. The number of aromatic nitrogens is 3. The number of rotatable bonds is 4. The van der Waals surface area contributed by atoms with Crippen LogP contribution in [0.4, 0.5) is 0 Å². The molecule has 0 N–H and O–H groups in total. The van der Waals surface area contributed by atoms with Crippen LogP contribution >= 0.6 is 11.3 Å². The number of nitrogens with zero attached hydrogens (tertiary/aromatic N) is 3. The molecule has 8 rings (SSSR count). The first-order valence-electron chi connectivity index (χ1n) is 12.8. The highest BCUT2D eigenvalue weighted by molar-refractivity contribution is 7.21. The molecule has 0 saturated heterocycles. The van der Waals surface area contributed by atoms with Crippen LogP contribution in [0.15, 0.2) is 132 Å². The monoisotopic (exact) mass is 519 g/mol. The normalized spacial score (nSPS) is 11.6. The van der Waals surface area contributed by atoms with Gasteiger partial charge in [-0.2, -0.15) is 0 Å². The highest BCUT2D eigenvalue weighted by atomic mass is 32.1. The molecule has 4 heterocycles. The van der Waals surface area contributed by atoms with Crippen molar-refractivity contribution in [2.24, 2.45) is 0 Å². The van der Waals surface area contributed by atoms with E-state index in [0.29, 0.717) is 0 Å². The fraction of sp³-hybridized carbons (Fsp3) is 0. The zero-order valence-corrected chi connectivity index (χ0v) is 21.6. The van der Waals surface area contributed by atoms with Gasteiger partial charge in [-0.15, -0.1) is 11.3 Å². The SMILES string of the molecule is c1cc(-c2ncccc2-c2ccco2)cc(-n2c3ccccc3c3ccc(-c4nc5ccccc5s4)cc32)c1. The van der Waals surface area contributed by atoms with Gasteiger partial charge < -0.3 is 8.98 Å². The van der Waals surface area contributed by atoms with E-state index in [4.69, 9.17) is 14.4 Å². The molecule has 0 atom stereocenters. The van der Waals surface area contributed by atoms with Crippen molar-refractivity contribution in [3.05, 3.63) is 128 Å². The van der Waals surface area contributed by atoms with Crippen molar-refractivity contribution in [1.82, 2.24) is 14.5 Å². The average molecular weight is 520 g/mol. The first kappa shape index (κ1) is 22.0. The zero-order valence-electron chi connectivity index (χ0n) is 20.8. The van der Waals surface area contributed by atoms with Crippen LogP contribution in [0, 0.1) is 0 Å². The van der Waals surface area contributed by atoms with Gasteiger partial charge in [0.05, 0.1) is 33.2 Å². The summed E-state index contributed by atoms with van der Waals surface area (Å²) in [6, 6.07) is 40.1. The van der Waals surface area contributed by atoms with Crippen LogP contribution in [0.3, 0.4) is 0 Å². The van der Waals surface area contributed by atoms with Gasteiger partial charge in [0.15, 0.2) is 0 Å². The lowest BCUT2D eigenvalue weighted by Gasteiger charge is -2.12. The van der Waals surface area contributed by atoms with Crippen LogP contribution in [0.5, 0.6) is 0 Å². The smallest absolute Gasteiger partial charge is 0.136 e. The number of para-hydroxylation sites is 2. The maximum atomic E-state index is 5.73. The van der Waals surface area contributed by atoms with Crippen LogP contribution < -0.4 is 0 Å². The molecule has 0 aliphatic heterocycles. The molecule has 0 aliphatic carbocycles. The predicted octanol–water partition coefficient (Wildman–Crippen LogP) is 9.38. The molecular formula is C34H21N3OS. The summed E-state index contributed by atoms with van der Waals surface area (Å²) in [6.45, 7) is 0. The van der Waals surface area contributed by atoms with Crippen molar-refractivity contribution < 1.29 is 4.42 Å². The summed E-state index contributed by atoms with van der Waals surface area (Å²) < 4.78 is 9.27. The van der Waals surface area contributed by atoms with Crippen LogP contribution in [0.1, 0.15) is 0 Å². The minimum Gasteiger partial charge on any atom is -0.464 e. The van der Waals surface area contributed by atoms with Crippen molar-refractivity contribution in [2.75, 3.05) is 0 Å². The molecule has 0 unspecified atom stereocenters. The van der Waals surface area contributed by atoms with E-state index < -0.39 is 0 Å². The van der Waals surface area contributed by atoms with Gasteiger partial charge in [-0.3, -0.25) is 4.98 Å². The molecule has 0 spiro atoms. The number of hydrogen-bond acceptors (Lipinski definition) is 4. The second-order valence-corrected chi connectivity index (χ2v) is 10.5. The van der Waals surface area contributed by atoms with E-state index in [1.54, 1.807) is 17.6 Å². The lowest BCUT2D eigenvalue weighted by atomic mass is 10.0. The van der Waals surface area contributed by atoms with Crippen LogP contribution in [-0.4, -0.2) is 14.5 Å². The van der Waals surface area contributed by atoms with Gasteiger partial charge in [-0.25, -0.2) is 4.98 Å². The molecule has 4 aromatic heterocycles. The fourth-order valence-electron chi connectivity index (χ4n) is 5.44. The number of fused-ring (bicyclic) bond motifs is 4. The van der Waals surface area contributed by atoms with E-state index in [1.165, 1.54) is 21.0 Å². The van der Waals surface area contributed by atoms with Gasteiger partial charge in [0.1, 0.15) is 10.8 Å². The van der Waals surface area contributed by atoms with Gasteiger partial charge in [0.25, 0.3) is 0 Å². The second-order valence-electron chi connectivity index (χ2n) is 9.50. The topological polar surface area (TPSA) is 43.9 Å². The van der Waals surface area contributed by atoms with Gasteiger partial charge in [-0.05, 0) is 60.7 Å². The molecule has 8 aromatic rings. The summed E-state index contributed by atoms with van der Waals surface area (Å²) in [5, 5.41) is 3.47. The Morgan fingerprint density at radius 3 is 2.49 bits per heavy atom. The van der Waals surface area contributed by atoms with E-state index >= 15 is 0 Å². The minimum absolute atomic E-state index is 0.806. The standard InChI is InChI=1S/C34H21N3OS/c1-3-13-29-25(10-1)26-17-16-23(34-36-28-12-2-4-15-32(28)39-34)21-30(26)37(29)24-9-5-8-22(20-24)33-27(11-6-18-35-33)31-14-7-19-38-31/h1-21H. The molecule has 0 aliphatic rings. The summed E-state index contributed by atoms with van der Waals surface area (Å²) in [6.07, 6.45) is 3.53. The van der Waals surface area contributed by atoms with Gasteiger partial charge in [0, 0.05) is 39.3 Å². The summed E-state index contributed by atoms with van der Waals surface area (Å²) in [5.74, 6) is 0.806. The number of furan rings is 1. The third-order valence-electron chi connectivity index (χ3n) is 7.19. The Morgan fingerprint density at radius 1 is 0.667 bits per heavy atom. The average Bonchev–Trinajstić information content (AvgIpc) is 3.75. The van der Waals surface area contributed by atoms with E-state index in [9.17, 15) is 0 Å². The molecule has 0 radical (unpaired) electrons. The summed E-state index contributed by atoms with van der Waals surface area (Å²) in [5.41, 5.74) is 8.45. The van der Waals surface area contributed by atoms with Crippen molar-refractivity contribution in [1.29, 1.82) is 0 Å². The molecule has 0 bridgehead atoms. The third-order valence-corrected chi connectivity index (χ3v) is 8.27. The first-order valence-corrected chi connectivity index (χ1v) is 13.6. The van der Waals surface area contributed by atoms with E-state index in [0.717, 1.165) is 49.9 Å². The van der Waals surface area contributed by atoms with Crippen molar-refractivity contribution in [3.63, 3.8) is 0 Å². The van der Waals surface area contributed by atoms with Gasteiger partial charge in [-0.1, -0.05) is 54.6 Å². The summed E-state index contributed by atoms with van der Waals surface area (Å²) >= 11 is 1.73. The lowest BCUT2D eigenvalue weighted by Crippen LogP contribution is -1.95. The lowest BCUT2D eigenvalue weighted by molar-refractivity contribution is 0.582. The second kappa shape index (κ2) is 8.79. The molecule has 184 valence electrons.